The van der Waals surface area contributed by atoms with E-state index in [0.717, 1.165) is 44.9 Å². The molecule has 0 bridgehead atoms. The Balaban J connectivity index is 4.43. The van der Waals surface area contributed by atoms with Crippen molar-refractivity contribution < 1.29 is 38.2 Å². The van der Waals surface area contributed by atoms with Crippen molar-refractivity contribution in [2.24, 2.45) is 0 Å². The number of quaternary nitrogens is 1. The quantitative estimate of drug-likeness (QED) is 0.0290. The van der Waals surface area contributed by atoms with Crippen LogP contribution in [0.2, 0.25) is 0 Å². The van der Waals surface area contributed by atoms with Gasteiger partial charge in [0.1, 0.15) is 6.61 Å². The Morgan fingerprint density at radius 3 is 1.55 bits per heavy atom. The third kappa shape index (κ3) is 35.0. The zero-order valence-corrected chi connectivity index (χ0v) is 35.0. The van der Waals surface area contributed by atoms with E-state index in [0.29, 0.717) is 19.3 Å². The second-order valence-electron chi connectivity index (χ2n) is 15.6. The summed E-state index contributed by atoms with van der Waals surface area (Å²) < 4.78 is 17.2. The molecular formula is C45H82NO7+. The predicted octanol–water partition coefficient (Wildman–Crippen LogP) is 11.5. The summed E-state index contributed by atoms with van der Waals surface area (Å²) in [7, 11) is 5.50. The van der Waals surface area contributed by atoms with Crippen molar-refractivity contribution in [1.29, 1.82) is 0 Å². The third-order valence-electron chi connectivity index (χ3n) is 9.53. The number of allylic oxidation sites excluding steroid dienone is 6. The molecule has 0 saturated carbocycles. The molecule has 0 aliphatic carbocycles. The van der Waals surface area contributed by atoms with Gasteiger partial charge in [0.2, 0.25) is 0 Å². The predicted molar refractivity (Wildman–Crippen MR) is 220 cm³/mol. The van der Waals surface area contributed by atoms with E-state index < -0.39 is 18.1 Å². The Hall–Kier alpha value is -2.45. The number of unbranched alkanes of at least 4 members (excludes halogenated alkanes) is 18. The van der Waals surface area contributed by atoms with Crippen molar-refractivity contribution in [1.82, 2.24) is 0 Å². The Morgan fingerprint density at radius 1 is 0.566 bits per heavy atom. The summed E-state index contributed by atoms with van der Waals surface area (Å²) in [5.74, 6) is -1.56. The highest BCUT2D eigenvalue weighted by Gasteiger charge is 2.31. The smallest absolute Gasteiger partial charge is 0.362 e. The minimum absolute atomic E-state index is 0.0369. The van der Waals surface area contributed by atoms with E-state index in [1.54, 1.807) is 0 Å². The second-order valence-corrected chi connectivity index (χ2v) is 15.6. The van der Waals surface area contributed by atoms with Gasteiger partial charge in [0, 0.05) is 19.3 Å². The molecule has 0 aromatic rings. The molecule has 8 nitrogen and oxygen atoms in total. The third-order valence-corrected chi connectivity index (χ3v) is 9.53. The van der Waals surface area contributed by atoms with Crippen molar-refractivity contribution in [3.63, 3.8) is 0 Å². The summed E-state index contributed by atoms with van der Waals surface area (Å²) in [5, 5.41) is 9.60. The summed E-state index contributed by atoms with van der Waals surface area (Å²) >= 11 is 0. The van der Waals surface area contributed by atoms with Crippen molar-refractivity contribution in [3.8, 4) is 0 Å². The maximum absolute atomic E-state index is 12.6. The van der Waals surface area contributed by atoms with Gasteiger partial charge in [-0.05, 0) is 57.8 Å². The lowest BCUT2D eigenvalue weighted by Crippen LogP contribution is -2.50. The highest BCUT2D eigenvalue weighted by molar-refractivity contribution is 5.72. The van der Waals surface area contributed by atoms with E-state index >= 15 is 0 Å². The fourth-order valence-electron chi connectivity index (χ4n) is 6.14. The Bertz CT molecular complexity index is 968. The van der Waals surface area contributed by atoms with Gasteiger partial charge in [-0.25, -0.2) is 4.79 Å². The molecule has 1 N–H and O–H groups in total. The summed E-state index contributed by atoms with van der Waals surface area (Å²) in [6, 6.07) is -0.623. The average molecular weight is 749 g/mol. The zero-order valence-electron chi connectivity index (χ0n) is 35.0. The highest BCUT2D eigenvalue weighted by atomic mass is 16.6. The standard InChI is InChI=1S/C45H81NO7/c1-6-8-10-12-14-16-18-20-21-22-24-25-27-29-31-33-35-43(47)52-40-41(39-51-38-37-42(45(49)50)46(3,4)5)53-44(48)36-34-32-30-28-26-23-19-17-15-13-11-9-7-2/h21-23,26,30,32,41-42H,6-20,24-25,27-29,31,33-40H2,1-5H3/p+1/b22-21+,26-23+,32-30+. The topological polar surface area (TPSA) is 99.1 Å². The van der Waals surface area contributed by atoms with Gasteiger partial charge in [0.05, 0.1) is 34.4 Å². The van der Waals surface area contributed by atoms with Crippen LogP contribution in [-0.2, 0) is 28.6 Å². The molecule has 2 atom stereocenters. The van der Waals surface area contributed by atoms with Gasteiger partial charge in [0.25, 0.3) is 0 Å². The van der Waals surface area contributed by atoms with Crippen LogP contribution in [-0.4, -0.2) is 80.6 Å². The number of likely N-dealkylation sites (N-methyl/N-ethyl adjacent to an activating group) is 1. The van der Waals surface area contributed by atoms with Crippen LogP contribution in [0.15, 0.2) is 36.5 Å². The summed E-state index contributed by atoms with van der Waals surface area (Å²) in [5.41, 5.74) is 0. The van der Waals surface area contributed by atoms with Crippen LogP contribution in [0, 0.1) is 0 Å². The SMILES string of the molecule is CCCCCCCC/C=C/C/C=C/CCC(=O)OC(COCCC(C(=O)O)[N+](C)(C)C)COC(=O)CCCCCCC/C=C/CCCCCCCCC. The Labute approximate surface area is 325 Å². The number of carbonyl (C=O) groups is 3. The van der Waals surface area contributed by atoms with Gasteiger partial charge >= 0.3 is 17.9 Å². The molecular weight excluding hydrogens is 666 g/mol. The van der Waals surface area contributed by atoms with Gasteiger partial charge in [0.15, 0.2) is 12.1 Å². The molecule has 0 aliphatic rings. The van der Waals surface area contributed by atoms with E-state index in [-0.39, 0.29) is 42.7 Å². The number of rotatable bonds is 38. The fraction of sp³-hybridized carbons (Fsp3) is 0.800. The first-order chi connectivity index (χ1) is 25.6. The first-order valence-electron chi connectivity index (χ1n) is 21.5. The molecule has 0 aromatic heterocycles. The maximum Gasteiger partial charge on any atom is 0.362 e. The van der Waals surface area contributed by atoms with Crippen molar-refractivity contribution in [3.05, 3.63) is 36.5 Å². The Morgan fingerprint density at radius 2 is 1.04 bits per heavy atom. The van der Waals surface area contributed by atoms with Crippen LogP contribution < -0.4 is 0 Å². The van der Waals surface area contributed by atoms with Crippen molar-refractivity contribution in [2.45, 2.75) is 193 Å². The number of ether oxygens (including phenoxy) is 3. The zero-order chi connectivity index (χ0) is 39.3. The minimum atomic E-state index is -0.884. The molecule has 2 unspecified atom stereocenters. The van der Waals surface area contributed by atoms with Gasteiger partial charge in [-0.1, -0.05) is 140 Å². The summed E-state index contributed by atoms with van der Waals surface area (Å²) in [4.78, 5) is 36.9. The van der Waals surface area contributed by atoms with Gasteiger partial charge < -0.3 is 23.8 Å². The summed E-state index contributed by atoms with van der Waals surface area (Å²) in [6.45, 7) is 4.65. The van der Waals surface area contributed by atoms with E-state index in [1.165, 1.54) is 96.3 Å². The average Bonchev–Trinajstić information content (AvgIpc) is 3.11. The lowest BCUT2D eigenvalue weighted by molar-refractivity contribution is -0.887. The van der Waals surface area contributed by atoms with Gasteiger partial charge in [-0.2, -0.15) is 0 Å². The largest absolute Gasteiger partial charge is 0.477 e. The molecule has 0 spiro atoms. The molecule has 53 heavy (non-hydrogen) atoms. The van der Waals surface area contributed by atoms with E-state index in [4.69, 9.17) is 14.2 Å². The molecule has 0 aromatic carbocycles. The molecule has 0 saturated heterocycles. The normalized spacial score (nSPS) is 13.3. The minimum Gasteiger partial charge on any atom is -0.477 e. The number of aliphatic carboxylic acids is 1. The molecule has 8 heteroatoms. The van der Waals surface area contributed by atoms with E-state index in [1.807, 2.05) is 27.2 Å². The number of hydrogen-bond donors (Lipinski definition) is 1. The van der Waals surface area contributed by atoms with Crippen molar-refractivity contribution in [2.75, 3.05) is 41.0 Å². The van der Waals surface area contributed by atoms with Crippen LogP contribution in [0.3, 0.4) is 0 Å². The number of carbonyl (C=O) groups excluding carboxylic acids is 2. The van der Waals surface area contributed by atoms with Gasteiger partial charge in [-0.15, -0.1) is 0 Å². The van der Waals surface area contributed by atoms with Crippen molar-refractivity contribution >= 4 is 17.9 Å². The first kappa shape index (κ1) is 50.5. The number of esters is 2. The van der Waals surface area contributed by atoms with Gasteiger partial charge in [-0.3, -0.25) is 9.59 Å². The Kier molecular flexibility index (Phi) is 34.8. The van der Waals surface area contributed by atoms with E-state index in [2.05, 4.69) is 44.2 Å². The molecule has 0 aliphatic heterocycles. The van der Waals surface area contributed by atoms with Crippen LogP contribution in [0.1, 0.15) is 181 Å². The second kappa shape index (κ2) is 36.5. The number of nitrogens with zero attached hydrogens (tertiary/aromatic N) is 1. The molecule has 0 fully saturated rings. The molecule has 0 amide bonds. The number of carboxylic acids is 1. The fourth-order valence-corrected chi connectivity index (χ4v) is 6.14. The maximum atomic E-state index is 12.6. The van der Waals surface area contributed by atoms with E-state index in [9.17, 15) is 19.5 Å². The molecule has 0 heterocycles. The molecule has 0 radical (unpaired) electrons. The molecule has 308 valence electrons. The molecule has 0 rings (SSSR count). The monoisotopic (exact) mass is 749 g/mol. The number of carboxylic acid groups (broad SMARTS) is 1. The first-order valence-corrected chi connectivity index (χ1v) is 21.5. The lowest BCUT2D eigenvalue weighted by Gasteiger charge is -2.31. The van der Waals surface area contributed by atoms with Crippen LogP contribution >= 0.6 is 0 Å². The number of hydrogen-bond acceptors (Lipinski definition) is 6. The lowest BCUT2D eigenvalue weighted by atomic mass is 10.1. The highest BCUT2D eigenvalue weighted by Crippen LogP contribution is 2.13. The van der Waals surface area contributed by atoms with Crippen LogP contribution in [0.25, 0.3) is 0 Å². The van der Waals surface area contributed by atoms with Crippen LogP contribution in [0.4, 0.5) is 0 Å². The van der Waals surface area contributed by atoms with Crippen LogP contribution in [0.5, 0.6) is 0 Å². The summed E-state index contributed by atoms with van der Waals surface area (Å²) in [6.07, 6.45) is 40.6.